The van der Waals surface area contributed by atoms with Gasteiger partial charge in [-0.1, -0.05) is 50.2 Å². The maximum Gasteiger partial charge on any atom is 0.255 e. The lowest BCUT2D eigenvalue weighted by Gasteiger charge is -2.37. The Morgan fingerprint density at radius 3 is 2.67 bits per heavy atom. The molecule has 8 nitrogen and oxygen atoms in total. The molecule has 3 amide bonds. The Morgan fingerprint density at radius 2 is 1.89 bits per heavy atom. The van der Waals surface area contributed by atoms with E-state index < -0.39 is 12.1 Å². The van der Waals surface area contributed by atoms with Gasteiger partial charge < -0.3 is 25.3 Å². The van der Waals surface area contributed by atoms with Crippen molar-refractivity contribution in [1.82, 2.24) is 20.5 Å². The molecule has 3 atom stereocenters. The van der Waals surface area contributed by atoms with E-state index in [0.717, 1.165) is 27.7 Å². The maximum absolute atomic E-state index is 13.8. The molecule has 5 rings (SSSR count). The Balaban J connectivity index is 1.50. The van der Waals surface area contributed by atoms with E-state index in [4.69, 9.17) is 4.74 Å². The van der Waals surface area contributed by atoms with Gasteiger partial charge in [-0.2, -0.15) is 0 Å². The molecule has 0 fully saturated rings. The van der Waals surface area contributed by atoms with Crippen LogP contribution in [0.15, 0.2) is 48.5 Å². The van der Waals surface area contributed by atoms with Crippen LogP contribution in [0.25, 0.3) is 10.9 Å². The minimum Gasteiger partial charge on any atom is -0.383 e. The Hall–Kier alpha value is -3.65. The second-order valence-electron chi connectivity index (χ2n) is 9.96. The molecule has 2 aliphatic rings. The monoisotopic (exact) mass is 488 g/mol. The summed E-state index contributed by atoms with van der Waals surface area (Å²) in [6.45, 7) is 4.78. The van der Waals surface area contributed by atoms with Gasteiger partial charge in [0.2, 0.25) is 11.8 Å². The van der Waals surface area contributed by atoms with E-state index in [-0.39, 0.29) is 29.7 Å². The molecule has 0 saturated heterocycles. The average molecular weight is 489 g/mol. The van der Waals surface area contributed by atoms with Crippen molar-refractivity contribution in [2.75, 3.05) is 20.3 Å². The summed E-state index contributed by atoms with van der Waals surface area (Å²) in [5.74, 6) is -0.527. The summed E-state index contributed by atoms with van der Waals surface area (Å²) in [5.41, 5.74) is 4.48. The highest BCUT2D eigenvalue weighted by Gasteiger charge is 2.49. The average Bonchev–Trinajstić information content (AvgIpc) is 3.38. The third-order valence-electron chi connectivity index (χ3n) is 7.10. The number of amides is 3. The number of carbonyl (C=O) groups is 3. The molecule has 0 aliphatic carbocycles. The van der Waals surface area contributed by atoms with Crippen molar-refractivity contribution in [3.05, 3.63) is 70.9 Å². The van der Waals surface area contributed by atoms with E-state index in [1.807, 2.05) is 62.4 Å². The van der Waals surface area contributed by atoms with Crippen molar-refractivity contribution in [2.45, 2.75) is 44.8 Å². The number of hydrogen-bond donors (Lipinski definition) is 3. The van der Waals surface area contributed by atoms with Gasteiger partial charge in [-0.3, -0.25) is 14.4 Å². The van der Waals surface area contributed by atoms with Crippen LogP contribution in [0.1, 0.15) is 53.5 Å². The summed E-state index contributed by atoms with van der Waals surface area (Å²) in [7, 11) is 1.57. The highest BCUT2D eigenvalue weighted by atomic mass is 16.5. The SMILES string of the molecule is COCCNC(=O)[C@H](CC(C)C)NC(=O)[C@@H]1Cc2c([nH]c3ccccc23)[C@@H]2c3ccccc3C(=O)N21. The number of fused-ring (bicyclic) bond motifs is 7. The first-order chi connectivity index (χ1) is 17.4. The van der Waals surface area contributed by atoms with Crippen molar-refractivity contribution in [1.29, 1.82) is 0 Å². The molecule has 188 valence electrons. The van der Waals surface area contributed by atoms with Crippen LogP contribution in [0.3, 0.4) is 0 Å². The van der Waals surface area contributed by atoms with Crippen LogP contribution in [0.2, 0.25) is 0 Å². The Morgan fingerprint density at radius 1 is 1.14 bits per heavy atom. The smallest absolute Gasteiger partial charge is 0.255 e. The van der Waals surface area contributed by atoms with Gasteiger partial charge in [0, 0.05) is 42.2 Å². The summed E-state index contributed by atoms with van der Waals surface area (Å²) in [5, 5.41) is 6.87. The normalized spacial score (nSPS) is 19.1. The van der Waals surface area contributed by atoms with Gasteiger partial charge in [-0.25, -0.2) is 0 Å². The summed E-state index contributed by atoms with van der Waals surface area (Å²) >= 11 is 0. The van der Waals surface area contributed by atoms with E-state index in [9.17, 15) is 14.4 Å². The van der Waals surface area contributed by atoms with E-state index >= 15 is 0 Å². The fraction of sp³-hybridized carbons (Fsp3) is 0.393. The third-order valence-corrected chi connectivity index (χ3v) is 7.10. The molecular weight excluding hydrogens is 456 g/mol. The van der Waals surface area contributed by atoms with Gasteiger partial charge in [-0.15, -0.1) is 0 Å². The van der Waals surface area contributed by atoms with Gasteiger partial charge >= 0.3 is 0 Å². The minimum atomic E-state index is -0.733. The zero-order valence-corrected chi connectivity index (χ0v) is 20.8. The fourth-order valence-electron chi connectivity index (χ4n) is 5.51. The molecule has 3 aromatic rings. The van der Waals surface area contributed by atoms with Crippen molar-refractivity contribution in [3.63, 3.8) is 0 Å². The van der Waals surface area contributed by atoms with Crippen LogP contribution in [0.5, 0.6) is 0 Å². The van der Waals surface area contributed by atoms with Crippen LogP contribution in [-0.2, 0) is 20.7 Å². The number of carbonyl (C=O) groups excluding carboxylic acids is 3. The maximum atomic E-state index is 13.8. The van der Waals surface area contributed by atoms with Crippen molar-refractivity contribution < 1.29 is 19.1 Å². The zero-order valence-electron chi connectivity index (χ0n) is 20.8. The van der Waals surface area contributed by atoms with E-state index in [0.29, 0.717) is 31.6 Å². The van der Waals surface area contributed by atoms with Crippen molar-refractivity contribution >= 4 is 28.6 Å². The number of ether oxygens (including phenoxy) is 1. The summed E-state index contributed by atoms with van der Waals surface area (Å²) in [4.78, 5) is 45.5. The summed E-state index contributed by atoms with van der Waals surface area (Å²) in [6, 6.07) is 13.7. The Bertz CT molecular complexity index is 1310. The molecule has 36 heavy (non-hydrogen) atoms. The van der Waals surface area contributed by atoms with Crippen LogP contribution in [-0.4, -0.2) is 60.0 Å². The second-order valence-corrected chi connectivity index (χ2v) is 9.96. The molecule has 3 heterocycles. The number of hydrogen-bond acceptors (Lipinski definition) is 4. The lowest BCUT2D eigenvalue weighted by Crippen LogP contribution is -2.57. The largest absolute Gasteiger partial charge is 0.383 e. The predicted octanol–water partition coefficient (Wildman–Crippen LogP) is 2.93. The second kappa shape index (κ2) is 9.78. The van der Waals surface area contributed by atoms with Crippen LogP contribution in [0, 0.1) is 5.92 Å². The third kappa shape index (κ3) is 4.15. The summed E-state index contributed by atoms with van der Waals surface area (Å²) in [6.07, 6.45) is 0.869. The zero-order chi connectivity index (χ0) is 25.4. The van der Waals surface area contributed by atoms with Gasteiger partial charge in [0.05, 0.1) is 12.6 Å². The van der Waals surface area contributed by atoms with Crippen LogP contribution in [0.4, 0.5) is 0 Å². The number of aromatic amines is 1. The lowest BCUT2D eigenvalue weighted by molar-refractivity contribution is -0.132. The van der Waals surface area contributed by atoms with E-state index in [2.05, 4.69) is 15.6 Å². The molecule has 1 aromatic heterocycles. The minimum absolute atomic E-state index is 0.162. The molecule has 0 spiro atoms. The standard InChI is InChI=1S/C28H32N4O4/c1-16(2)14-22(26(33)29-12-13-36-3)31-27(34)23-15-20-17-8-6-7-11-21(17)30-24(20)25-18-9-4-5-10-19(18)28(35)32(23)25/h4-11,16,22-23,25,30H,12-15H2,1-3H3,(H,29,33)(H,31,34)/t22-,23-,25-/m0/s1. The molecule has 0 bridgehead atoms. The number of rotatable bonds is 8. The number of benzene rings is 2. The first kappa shape index (κ1) is 24.1. The number of nitrogens with zero attached hydrogens (tertiary/aromatic N) is 1. The lowest BCUT2D eigenvalue weighted by atomic mass is 9.89. The molecule has 2 aliphatic heterocycles. The van der Waals surface area contributed by atoms with Crippen molar-refractivity contribution in [2.24, 2.45) is 5.92 Å². The molecule has 0 saturated carbocycles. The fourth-order valence-corrected chi connectivity index (χ4v) is 5.51. The predicted molar refractivity (Wildman–Crippen MR) is 137 cm³/mol. The molecule has 3 N–H and O–H groups in total. The number of nitrogens with one attached hydrogen (secondary N) is 3. The van der Waals surface area contributed by atoms with Crippen LogP contribution < -0.4 is 10.6 Å². The molecule has 2 aromatic carbocycles. The molecule has 0 unspecified atom stereocenters. The molecule has 8 heteroatoms. The highest BCUT2D eigenvalue weighted by Crippen LogP contribution is 2.46. The number of aromatic nitrogens is 1. The van der Waals surface area contributed by atoms with Crippen molar-refractivity contribution in [3.8, 4) is 0 Å². The Labute approximate surface area is 210 Å². The highest BCUT2D eigenvalue weighted by molar-refractivity contribution is 6.04. The van der Waals surface area contributed by atoms with Gasteiger partial charge in [0.1, 0.15) is 12.1 Å². The first-order valence-corrected chi connectivity index (χ1v) is 12.5. The number of para-hydroxylation sites is 1. The Kier molecular flexibility index (Phi) is 6.53. The first-order valence-electron chi connectivity index (χ1n) is 12.5. The van der Waals surface area contributed by atoms with Gasteiger partial charge in [0.25, 0.3) is 5.91 Å². The van der Waals surface area contributed by atoms with Crippen LogP contribution >= 0.6 is 0 Å². The van der Waals surface area contributed by atoms with Gasteiger partial charge in [-0.05, 0) is 35.6 Å². The van der Waals surface area contributed by atoms with E-state index in [1.165, 1.54) is 0 Å². The number of H-pyrrole nitrogens is 1. The topological polar surface area (TPSA) is 104 Å². The van der Waals surface area contributed by atoms with Gasteiger partial charge in [0.15, 0.2) is 0 Å². The number of methoxy groups -OCH3 is 1. The summed E-state index contributed by atoms with van der Waals surface area (Å²) < 4.78 is 5.03. The quantitative estimate of drug-likeness (QED) is 0.424. The molecule has 0 radical (unpaired) electrons. The molecular formula is C28H32N4O4. The van der Waals surface area contributed by atoms with E-state index in [1.54, 1.807) is 12.0 Å².